The summed E-state index contributed by atoms with van der Waals surface area (Å²) in [6.45, 7) is 6.64. The molecule has 3 heteroatoms. The zero-order valence-electron chi connectivity index (χ0n) is 9.88. The lowest BCUT2D eigenvalue weighted by molar-refractivity contribution is 0.187. The zero-order chi connectivity index (χ0) is 10.7. The Labute approximate surface area is 92.2 Å². The van der Waals surface area contributed by atoms with Crippen molar-refractivity contribution in [1.82, 2.24) is 0 Å². The van der Waals surface area contributed by atoms with E-state index in [-0.39, 0.29) is 18.3 Å². The minimum Gasteiger partial charge on any atom is -0.399 e. The highest BCUT2D eigenvalue weighted by Gasteiger charge is 2.71. The molecule has 3 atom stereocenters. The Morgan fingerprint density at radius 2 is 2.00 bits per heavy atom. The lowest BCUT2D eigenvalue weighted by atomic mass is 9.71. The second-order valence-electron chi connectivity index (χ2n) is 5.86. The Balaban J connectivity index is 1.71. The Bertz CT molecular complexity index is 312. The Kier molecular flexibility index (Phi) is 1.91. The van der Waals surface area contributed by atoms with Crippen LogP contribution in [0.5, 0.6) is 0 Å². The largest absolute Gasteiger partial charge is 0.490 e. The highest BCUT2D eigenvalue weighted by atomic mass is 16.7. The molecule has 0 bridgehead atoms. The molecule has 0 aromatic rings. The van der Waals surface area contributed by atoms with Crippen molar-refractivity contribution in [2.75, 3.05) is 0 Å². The Hall–Kier alpha value is -0.275. The highest BCUT2D eigenvalue weighted by Crippen LogP contribution is 2.59. The van der Waals surface area contributed by atoms with E-state index in [2.05, 4.69) is 26.8 Å². The van der Waals surface area contributed by atoms with Gasteiger partial charge in [0, 0.05) is 6.42 Å². The summed E-state index contributed by atoms with van der Waals surface area (Å²) in [7, 11) is -0.0405. The van der Waals surface area contributed by atoms with E-state index in [0.29, 0.717) is 0 Å². The summed E-state index contributed by atoms with van der Waals surface area (Å²) >= 11 is 0. The van der Waals surface area contributed by atoms with E-state index in [9.17, 15) is 0 Å². The van der Waals surface area contributed by atoms with Gasteiger partial charge in [-0.3, -0.25) is 0 Å². The fraction of sp³-hybridized carbons (Fsp3) is 0.833. The van der Waals surface area contributed by atoms with Gasteiger partial charge < -0.3 is 9.31 Å². The second-order valence-corrected chi connectivity index (χ2v) is 5.86. The molecular formula is C12H19BO2. The van der Waals surface area contributed by atoms with Crippen molar-refractivity contribution in [3.05, 3.63) is 11.5 Å². The minimum absolute atomic E-state index is 0.00156. The number of fused-ring (bicyclic) bond motifs is 1. The maximum absolute atomic E-state index is 6.01. The molecule has 1 heterocycles. The molecule has 0 aromatic carbocycles. The topological polar surface area (TPSA) is 18.5 Å². The van der Waals surface area contributed by atoms with E-state index < -0.39 is 0 Å². The molecule has 3 unspecified atom stereocenters. The van der Waals surface area contributed by atoms with Crippen LogP contribution >= 0.6 is 0 Å². The molecule has 0 spiro atoms. The van der Waals surface area contributed by atoms with Crippen LogP contribution in [0, 0.1) is 5.92 Å². The van der Waals surface area contributed by atoms with Gasteiger partial charge >= 0.3 is 7.12 Å². The molecule has 2 aliphatic carbocycles. The summed E-state index contributed by atoms with van der Waals surface area (Å²) in [5.74, 6) is 0.830. The van der Waals surface area contributed by atoms with E-state index in [4.69, 9.17) is 9.31 Å². The van der Waals surface area contributed by atoms with E-state index in [1.165, 1.54) is 18.3 Å². The molecule has 82 valence electrons. The quantitative estimate of drug-likeness (QED) is 0.614. The van der Waals surface area contributed by atoms with Crippen LogP contribution in [-0.2, 0) is 9.31 Å². The highest BCUT2D eigenvalue weighted by molar-refractivity contribution is 6.55. The smallest absolute Gasteiger partial charge is 0.399 e. The molecule has 2 fully saturated rings. The maximum atomic E-state index is 6.01. The Morgan fingerprint density at radius 1 is 1.33 bits per heavy atom. The van der Waals surface area contributed by atoms with Gasteiger partial charge in [0.05, 0.1) is 11.2 Å². The van der Waals surface area contributed by atoms with Gasteiger partial charge in [-0.15, -0.1) is 0 Å². The molecule has 1 aliphatic heterocycles. The average Bonchev–Trinajstić information content (AvgIpc) is 2.57. The SMILES string of the molecule is CC1CC=C(B2OC3(C)CC3(C)O2)CC1. The summed E-state index contributed by atoms with van der Waals surface area (Å²) < 4.78 is 12.0. The van der Waals surface area contributed by atoms with Crippen LogP contribution in [0.15, 0.2) is 11.5 Å². The maximum Gasteiger partial charge on any atom is 0.490 e. The van der Waals surface area contributed by atoms with Gasteiger partial charge in [-0.1, -0.05) is 13.0 Å². The van der Waals surface area contributed by atoms with Crippen molar-refractivity contribution in [2.45, 2.75) is 57.7 Å². The second kappa shape index (κ2) is 2.89. The first-order valence-corrected chi connectivity index (χ1v) is 6.07. The van der Waals surface area contributed by atoms with Crippen molar-refractivity contribution < 1.29 is 9.31 Å². The molecule has 3 rings (SSSR count). The number of hydrogen-bond donors (Lipinski definition) is 0. The van der Waals surface area contributed by atoms with Gasteiger partial charge in [-0.05, 0) is 44.5 Å². The van der Waals surface area contributed by atoms with Gasteiger partial charge in [0.25, 0.3) is 0 Å². The van der Waals surface area contributed by atoms with Gasteiger partial charge in [0.1, 0.15) is 0 Å². The predicted molar refractivity (Wildman–Crippen MR) is 60.4 cm³/mol. The molecular weight excluding hydrogens is 187 g/mol. The fourth-order valence-electron chi connectivity index (χ4n) is 2.78. The predicted octanol–water partition coefficient (Wildman–Crippen LogP) is 2.73. The fourth-order valence-corrected chi connectivity index (χ4v) is 2.78. The van der Waals surface area contributed by atoms with Gasteiger partial charge in [0.15, 0.2) is 0 Å². The number of hydrogen-bond acceptors (Lipinski definition) is 2. The monoisotopic (exact) mass is 206 g/mol. The van der Waals surface area contributed by atoms with Crippen LogP contribution in [-0.4, -0.2) is 18.3 Å². The summed E-state index contributed by atoms with van der Waals surface area (Å²) in [4.78, 5) is 0. The van der Waals surface area contributed by atoms with Crippen molar-refractivity contribution >= 4 is 7.12 Å². The molecule has 0 aromatic heterocycles. The number of allylic oxidation sites excluding steroid dienone is 2. The van der Waals surface area contributed by atoms with Crippen molar-refractivity contribution in [2.24, 2.45) is 5.92 Å². The summed E-state index contributed by atoms with van der Waals surface area (Å²) in [6.07, 6.45) is 7.00. The molecule has 1 saturated heterocycles. The summed E-state index contributed by atoms with van der Waals surface area (Å²) in [5.41, 5.74) is 1.38. The summed E-state index contributed by atoms with van der Waals surface area (Å²) in [5, 5.41) is 0. The van der Waals surface area contributed by atoms with Crippen LogP contribution < -0.4 is 0 Å². The first-order chi connectivity index (χ1) is 7.02. The van der Waals surface area contributed by atoms with Crippen LogP contribution in [0.2, 0.25) is 0 Å². The van der Waals surface area contributed by atoms with Crippen LogP contribution in [0.3, 0.4) is 0 Å². The minimum atomic E-state index is -0.0405. The molecule has 0 radical (unpaired) electrons. The van der Waals surface area contributed by atoms with Crippen LogP contribution in [0.1, 0.15) is 46.5 Å². The van der Waals surface area contributed by atoms with E-state index in [1.807, 2.05) is 0 Å². The Morgan fingerprint density at radius 3 is 2.53 bits per heavy atom. The first-order valence-electron chi connectivity index (χ1n) is 6.07. The lowest BCUT2D eigenvalue weighted by Crippen LogP contribution is -2.26. The summed E-state index contributed by atoms with van der Waals surface area (Å²) in [6, 6.07) is 0. The molecule has 2 nitrogen and oxygen atoms in total. The standard InChI is InChI=1S/C12H19BO2/c1-9-4-6-10(7-5-9)13-14-11(2)8-12(11,3)15-13/h6,9H,4-5,7-8H2,1-3H3. The van der Waals surface area contributed by atoms with Crippen molar-refractivity contribution in [3.8, 4) is 0 Å². The molecule has 0 N–H and O–H groups in total. The normalized spacial score (nSPS) is 48.9. The molecule has 3 aliphatic rings. The first kappa shape index (κ1) is 9.92. The molecule has 0 amide bonds. The third kappa shape index (κ3) is 1.40. The molecule has 15 heavy (non-hydrogen) atoms. The molecule has 1 saturated carbocycles. The zero-order valence-corrected chi connectivity index (χ0v) is 9.88. The van der Waals surface area contributed by atoms with Crippen LogP contribution in [0.4, 0.5) is 0 Å². The van der Waals surface area contributed by atoms with Crippen LogP contribution in [0.25, 0.3) is 0 Å². The van der Waals surface area contributed by atoms with Gasteiger partial charge in [-0.2, -0.15) is 0 Å². The van der Waals surface area contributed by atoms with Gasteiger partial charge in [0.2, 0.25) is 0 Å². The third-order valence-electron chi connectivity index (χ3n) is 4.41. The van der Waals surface area contributed by atoms with Crippen molar-refractivity contribution in [3.63, 3.8) is 0 Å². The van der Waals surface area contributed by atoms with E-state index in [0.717, 1.165) is 18.8 Å². The van der Waals surface area contributed by atoms with Gasteiger partial charge in [-0.25, -0.2) is 0 Å². The third-order valence-corrected chi connectivity index (χ3v) is 4.41. The number of rotatable bonds is 1. The van der Waals surface area contributed by atoms with E-state index in [1.54, 1.807) is 0 Å². The van der Waals surface area contributed by atoms with E-state index >= 15 is 0 Å². The van der Waals surface area contributed by atoms with Crippen molar-refractivity contribution in [1.29, 1.82) is 0 Å². The average molecular weight is 206 g/mol. The lowest BCUT2D eigenvalue weighted by Gasteiger charge is -2.21.